The fourth-order valence-corrected chi connectivity index (χ4v) is 2.35. The highest BCUT2D eigenvalue weighted by molar-refractivity contribution is 9.10. The maximum absolute atomic E-state index is 9.16. The minimum absolute atomic E-state index is 0.0903. The first-order valence-electron chi connectivity index (χ1n) is 4.84. The summed E-state index contributed by atoms with van der Waals surface area (Å²) in [5, 5.41) is 9.16. The molecule has 0 aromatic heterocycles. The summed E-state index contributed by atoms with van der Waals surface area (Å²) in [7, 11) is 0. The molecule has 0 fully saturated rings. The fraction of sp³-hybridized carbons (Fsp3) is 0.455. The molecule has 0 radical (unpaired) electrons. The molecule has 2 rings (SSSR count). The maximum Gasteiger partial charge on any atom is 0.231 e. The summed E-state index contributed by atoms with van der Waals surface area (Å²) in [5.74, 6) is 1.66. The summed E-state index contributed by atoms with van der Waals surface area (Å²) in [4.78, 5) is 0. The van der Waals surface area contributed by atoms with E-state index in [2.05, 4.69) is 15.9 Å². The molecule has 0 saturated carbocycles. The van der Waals surface area contributed by atoms with Gasteiger partial charge in [0, 0.05) is 22.6 Å². The Labute approximate surface area is 97.1 Å². The Balaban J connectivity index is 2.54. The van der Waals surface area contributed by atoms with Gasteiger partial charge in [0.2, 0.25) is 6.79 Å². The van der Waals surface area contributed by atoms with Crippen LogP contribution in [0.2, 0.25) is 0 Å². The summed E-state index contributed by atoms with van der Waals surface area (Å²) in [6.45, 7) is 4.35. The molecule has 3 nitrogen and oxygen atoms in total. The average Bonchev–Trinajstić information content (AvgIpc) is 2.70. The van der Waals surface area contributed by atoms with Crippen LogP contribution in [-0.4, -0.2) is 18.5 Å². The van der Waals surface area contributed by atoms with E-state index < -0.39 is 0 Å². The van der Waals surface area contributed by atoms with Crippen LogP contribution in [0.25, 0.3) is 0 Å². The van der Waals surface area contributed by atoms with Crippen LogP contribution in [0, 0.1) is 6.92 Å². The van der Waals surface area contributed by atoms with Crippen LogP contribution < -0.4 is 9.47 Å². The van der Waals surface area contributed by atoms with E-state index in [0.717, 1.165) is 27.1 Å². The molecular weight excluding hydrogens is 260 g/mol. The van der Waals surface area contributed by atoms with Gasteiger partial charge >= 0.3 is 0 Å². The van der Waals surface area contributed by atoms with E-state index >= 15 is 0 Å². The van der Waals surface area contributed by atoms with Gasteiger partial charge in [0.1, 0.15) is 0 Å². The van der Waals surface area contributed by atoms with E-state index in [0.29, 0.717) is 0 Å². The molecule has 1 unspecified atom stereocenters. The number of aliphatic hydroxyl groups is 1. The lowest BCUT2D eigenvalue weighted by molar-refractivity contribution is 0.173. The molecule has 0 saturated heterocycles. The third kappa shape index (κ3) is 1.72. The topological polar surface area (TPSA) is 38.7 Å². The summed E-state index contributed by atoms with van der Waals surface area (Å²) >= 11 is 3.53. The molecular formula is C11H13BrO3. The SMILES string of the molecule is Cc1c(Br)c(C(C)CO)cc2c1OCO2. The molecule has 0 aliphatic carbocycles. The minimum Gasteiger partial charge on any atom is -0.454 e. The van der Waals surface area contributed by atoms with E-state index in [1.165, 1.54) is 0 Å². The molecule has 1 aliphatic heterocycles. The Morgan fingerprint density at radius 1 is 1.53 bits per heavy atom. The van der Waals surface area contributed by atoms with Gasteiger partial charge in [-0.2, -0.15) is 0 Å². The zero-order valence-corrected chi connectivity index (χ0v) is 10.3. The second-order valence-electron chi connectivity index (χ2n) is 3.72. The molecule has 1 atom stereocenters. The highest BCUT2D eigenvalue weighted by Gasteiger charge is 2.22. The third-order valence-electron chi connectivity index (χ3n) is 2.66. The number of aliphatic hydroxyl groups excluding tert-OH is 1. The van der Waals surface area contributed by atoms with Crippen molar-refractivity contribution in [2.45, 2.75) is 19.8 Å². The lowest BCUT2D eigenvalue weighted by Crippen LogP contribution is -2.01. The Kier molecular flexibility index (Phi) is 2.89. The first-order chi connectivity index (χ1) is 7.15. The van der Waals surface area contributed by atoms with Gasteiger partial charge in [-0.3, -0.25) is 0 Å². The Hall–Kier alpha value is -0.740. The van der Waals surface area contributed by atoms with E-state index in [-0.39, 0.29) is 19.3 Å². The van der Waals surface area contributed by atoms with E-state index in [1.54, 1.807) is 0 Å². The largest absolute Gasteiger partial charge is 0.454 e. The van der Waals surface area contributed by atoms with Crippen molar-refractivity contribution in [1.82, 2.24) is 0 Å². The normalized spacial score (nSPS) is 15.5. The van der Waals surface area contributed by atoms with Crippen molar-refractivity contribution < 1.29 is 14.6 Å². The van der Waals surface area contributed by atoms with Crippen LogP contribution in [0.1, 0.15) is 24.0 Å². The van der Waals surface area contributed by atoms with Crippen LogP contribution in [0.4, 0.5) is 0 Å². The van der Waals surface area contributed by atoms with Crippen molar-refractivity contribution in [3.63, 3.8) is 0 Å². The molecule has 0 spiro atoms. The molecule has 1 aromatic carbocycles. The van der Waals surface area contributed by atoms with Crippen molar-refractivity contribution >= 4 is 15.9 Å². The summed E-state index contributed by atoms with van der Waals surface area (Å²) < 4.78 is 11.7. The van der Waals surface area contributed by atoms with E-state index in [9.17, 15) is 0 Å². The number of fused-ring (bicyclic) bond motifs is 1. The van der Waals surface area contributed by atoms with Gasteiger partial charge in [-0.25, -0.2) is 0 Å². The molecule has 1 heterocycles. The number of halogens is 1. The van der Waals surface area contributed by atoms with Gasteiger partial charge in [0.25, 0.3) is 0 Å². The van der Waals surface area contributed by atoms with Gasteiger partial charge < -0.3 is 14.6 Å². The van der Waals surface area contributed by atoms with Gasteiger partial charge in [-0.1, -0.05) is 22.9 Å². The van der Waals surface area contributed by atoms with Crippen LogP contribution in [0.3, 0.4) is 0 Å². The standard InChI is InChI=1S/C11H13BrO3/c1-6(4-13)8-3-9-11(15-5-14-9)7(2)10(8)12/h3,6,13H,4-5H2,1-2H3. The van der Waals surface area contributed by atoms with Crippen LogP contribution >= 0.6 is 15.9 Å². The monoisotopic (exact) mass is 272 g/mol. The van der Waals surface area contributed by atoms with E-state index in [1.807, 2.05) is 19.9 Å². The summed E-state index contributed by atoms with van der Waals surface area (Å²) in [6.07, 6.45) is 0. The minimum atomic E-state index is 0.0903. The van der Waals surface area contributed by atoms with Gasteiger partial charge in [-0.05, 0) is 18.6 Å². The predicted octanol–water partition coefficient (Wildman–Crippen LogP) is 2.58. The molecule has 82 valence electrons. The number of hydrogen-bond donors (Lipinski definition) is 1. The zero-order chi connectivity index (χ0) is 11.0. The smallest absolute Gasteiger partial charge is 0.231 e. The lowest BCUT2D eigenvalue weighted by Gasteiger charge is -2.14. The van der Waals surface area contributed by atoms with Crippen molar-refractivity contribution in [2.24, 2.45) is 0 Å². The zero-order valence-electron chi connectivity index (χ0n) is 8.71. The quantitative estimate of drug-likeness (QED) is 0.900. The van der Waals surface area contributed by atoms with Gasteiger partial charge in [0.05, 0.1) is 0 Å². The Bertz CT molecular complexity index is 390. The van der Waals surface area contributed by atoms with Crippen molar-refractivity contribution in [2.75, 3.05) is 13.4 Å². The maximum atomic E-state index is 9.16. The molecule has 1 N–H and O–H groups in total. The highest BCUT2D eigenvalue weighted by Crippen LogP contribution is 2.43. The molecule has 1 aromatic rings. The number of rotatable bonds is 2. The molecule has 0 amide bonds. The first kappa shape index (κ1) is 10.8. The number of hydrogen-bond acceptors (Lipinski definition) is 3. The number of ether oxygens (including phenoxy) is 2. The lowest BCUT2D eigenvalue weighted by atomic mass is 9.99. The molecule has 0 bridgehead atoms. The Morgan fingerprint density at radius 2 is 2.27 bits per heavy atom. The van der Waals surface area contributed by atoms with Crippen LogP contribution in [0.5, 0.6) is 11.5 Å². The number of benzene rings is 1. The molecule has 4 heteroatoms. The molecule has 1 aliphatic rings. The van der Waals surface area contributed by atoms with Crippen molar-refractivity contribution in [1.29, 1.82) is 0 Å². The summed E-state index contributed by atoms with van der Waals surface area (Å²) in [6, 6.07) is 1.93. The van der Waals surface area contributed by atoms with Crippen molar-refractivity contribution in [3.8, 4) is 11.5 Å². The average molecular weight is 273 g/mol. The fourth-order valence-electron chi connectivity index (χ4n) is 1.67. The first-order valence-corrected chi connectivity index (χ1v) is 5.64. The second kappa shape index (κ2) is 4.02. The van der Waals surface area contributed by atoms with Crippen LogP contribution in [0.15, 0.2) is 10.5 Å². The van der Waals surface area contributed by atoms with Gasteiger partial charge in [-0.15, -0.1) is 0 Å². The van der Waals surface area contributed by atoms with Crippen LogP contribution in [-0.2, 0) is 0 Å². The van der Waals surface area contributed by atoms with E-state index in [4.69, 9.17) is 14.6 Å². The Morgan fingerprint density at radius 3 is 2.93 bits per heavy atom. The third-order valence-corrected chi connectivity index (χ3v) is 3.71. The van der Waals surface area contributed by atoms with Crippen molar-refractivity contribution in [3.05, 3.63) is 21.7 Å². The van der Waals surface area contributed by atoms with Gasteiger partial charge in [0.15, 0.2) is 11.5 Å². The molecule has 15 heavy (non-hydrogen) atoms. The second-order valence-corrected chi connectivity index (χ2v) is 4.52. The highest BCUT2D eigenvalue weighted by atomic mass is 79.9. The summed E-state index contributed by atoms with van der Waals surface area (Å²) in [5.41, 5.74) is 2.08. The predicted molar refractivity (Wildman–Crippen MR) is 60.5 cm³/mol.